The molecule has 3 aromatic rings. The molecule has 0 unspecified atom stereocenters. The van der Waals surface area contributed by atoms with E-state index in [1.807, 2.05) is 70.6 Å². The molecule has 5 rings (SSSR count). The van der Waals surface area contributed by atoms with E-state index in [0.717, 1.165) is 28.7 Å². The molecule has 2 saturated heterocycles. The predicted octanol–water partition coefficient (Wildman–Crippen LogP) is 5.75. The Morgan fingerprint density at radius 3 is 2.11 bits per heavy atom. The quantitative estimate of drug-likeness (QED) is 0.525. The monoisotopic (exact) mass is 433 g/mol. The van der Waals surface area contributed by atoms with Crippen molar-refractivity contribution in [2.75, 3.05) is 11.4 Å². The first-order valence-corrected chi connectivity index (χ1v) is 10.3. The van der Waals surface area contributed by atoms with E-state index in [1.54, 1.807) is 0 Å². The summed E-state index contributed by atoms with van der Waals surface area (Å²) in [5.41, 5.74) is 3.21. The van der Waals surface area contributed by atoms with Gasteiger partial charge >= 0.3 is 6.03 Å². The standard InChI is InChI=1S/C23H20BrN3O/c24-19-13-11-18(12-14-19)22-25-16-15-21(17-7-3-1-4-8-17)27(25)23(28)26(22)20-9-5-2-6-10-20/h1-14,21-22H,15-16H2/t21-,22+/m1/s1. The fourth-order valence-electron chi connectivity index (χ4n) is 4.27. The van der Waals surface area contributed by atoms with Gasteiger partial charge in [0.15, 0.2) is 0 Å². The molecule has 2 atom stereocenters. The third-order valence-electron chi connectivity index (χ3n) is 5.52. The lowest BCUT2D eigenvalue weighted by molar-refractivity contribution is 0.0472. The van der Waals surface area contributed by atoms with Gasteiger partial charge in [-0.1, -0.05) is 76.6 Å². The average Bonchev–Trinajstić information content (AvgIpc) is 3.29. The predicted molar refractivity (Wildman–Crippen MR) is 114 cm³/mol. The van der Waals surface area contributed by atoms with E-state index < -0.39 is 0 Å². The van der Waals surface area contributed by atoms with Crippen molar-refractivity contribution in [3.8, 4) is 0 Å². The van der Waals surface area contributed by atoms with Crippen molar-refractivity contribution in [3.63, 3.8) is 0 Å². The molecule has 3 aromatic carbocycles. The molecule has 2 heterocycles. The Bertz CT molecular complexity index is 978. The minimum absolute atomic E-state index is 0.0328. The summed E-state index contributed by atoms with van der Waals surface area (Å²) >= 11 is 3.52. The van der Waals surface area contributed by atoms with Crippen LogP contribution >= 0.6 is 15.9 Å². The number of rotatable bonds is 3. The van der Waals surface area contributed by atoms with Gasteiger partial charge in [0.1, 0.15) is 6.17 Å². The van der Waals surface area contributed by atoms with Crippen molar-refractivity contribution in [3.05, 3.63) is 101 Å². The Morgan fingerprint density at radius 1 is 0.786 bits per heavy atom. The van der Waals surface area contributed by atoms with E-state index in [0.29, 0.717) is 0 Å². The van der Waals surface area contributed by atoms with Crippen molar-refractivity contribution in [1.82, 2.24) is 10.0 Å². The Hall–Kier alpha value is -2.63. The highest BCUT2D eigenvalue weighted by atomic mass is 79.9. The smallest absolute Gasteiger partial charge is 0.271 e. The summed E-state index contributed by atoms with van der Waals surface area (Å²) in [6, 6.07) is 28.6. The zero-order valence-electron chi connectivity index (χ0n) is 15.3. The number of para-hydroxylation sites is 1. The zero-order valence-corrected chi connectivity index (χ0v) is 16.9. The highest BCUT2D eigenvalue weighted by molar-refractivity contribution is 9.10. The van der Waals surface area contributed by atoms with Gasteiger partial charge in [-0.3, -0.25) is 4.90 Å². The van der Waals surface area contributed by atoms with Gasteiger partial charge in [-0.2, -0.15) is 5.01 Å². The second kappa shape index (κ2) is 7.08. The van der Waals surface area contributed by atoms with Gasteiger partial charge in [-0.15, -0.1) is 0 Å². The minimum atomic E-state index is -0.142. The van der Waals surface area contributed by atoms with Crippen LogP contribution in [0.25, 0.3) is 0 Å². The first-order chi connectivity index (χ1) is 13.7. The Balaban J connectivity index is 1.60. The lowest BCUT2D eigenvalue weighted by Gasteiger charge is -2.28. The number of carbonyl (C=O) groups is 1. The first-order valence-electron chi connectivity index (χ1n) is 9.48. The fourth-order valence-corrected chi connectivity index (χ4v) is 4.54. The highest BCUT2D eigenvalue weighted by Crippen LogP contribution is 2.46. The van der Waals surface area contributed by atoms with Gasteiger partial charge in [-0.05, 0) is 41.8 Å². The number of hydrogen-bond donors (Lipinski definition) is 0. The molecule has 0 spiro atoms. The Kier molecular flexibility index (Phi) is 4.41. The zero-order chi connectivity index (χ0) is 19.1. The highest BCUT2D eigenvalue weighted by Gasteiger charge is 2.51. The van der Waals surface area contributed by atoms with Crippen LogP contribution in [0, 0.1) is 0 Å². The molecule has 0 bridgehead atoms. The SMILES string of the molecule is O=C1N(c2ccccc2)[C@@H](c2ccc(Br)cc2)N2CC[C@H](c3ccccc3)N12. The van der Waals surface area contributed by atoms with Crippen molar-refractivity contribution < 1.29 is 4.79 Å². The van der Waals surface area contributed by atoms with E-state index in [-0.39, 0.29) is 18.2 Å². The topological polar surface area (TPSA) is 26.8 Å². The van der Waals surface area contributed by atoms with Gasteiger partial charge in [-0.25, -0.2) is 9.80 Å². The van der Waals surface area contributed by atoms with Crippen LogP contribution in [0.2, 0.25) is 0 Å². The average molecular weight is 434 g/mol. The molecule has 0 radical (unpaired) electrons. The maximum Gasteiger partial charge on any atom is 0.341 e. The number of nitrogens with zero attached hydrogens (tertiary/aromatic N) is 3. The normalized spacial score (nSPS) is 22.0. The summed E-state index contributed by atoms with van der Waals surface area (Å²) in [5, 5.41) is 4.17. The van der Waals surface area contributed by atoms with E-state index in [2.05, 4.69) is 45.2 Å². The third-order valence-corrected chi connectivity index (χ3v) is 6.05. The number of carbonyl (C=O) groups excluding carboxylic acids is 1. The maximum absolute atomic E-state index is 13.6. The van der Waals surface area contributed by atoms with Gasteiger partial charge in [0.2, 0.25) is 0 Å². The van der Waals surface area contributed by atoms with E-state index in [9.17, 15) is 4.79 Å². The molecule has 28 heavy (non-hydrogen) atoms. The molecule has 2 aliphatic heterocycles. The fraction of sp³-hybridized carbons (Fsp3) is 0.174. The molecule has 0 aliphatic carbocycles. The van der Waals surface area contributed by atoms with Crippen molar-refractivity contribution in [1.29, 1.82) is 0 Å². The van der Waals surface area contributed by atoms with Crippen molar-refractivity contribution in [2.24, 2.45) is 0 Å². The number of benzene rings is 3. The molecule has 4 nitrogen and oxygen atoms in total. The van der Waals surface area contributed by atoms with Crippen molar-refractivity contribution >= 4 is 27.6 Å². The van der Waals surface area contributed by atoms with Gasteiger partial charge in [0, 0.05) is 16.7 Å². The largest absolute Gasteiger partial charge is 0.341 e. The number of hydrazine groups is 1. The van der Waals surface area contributed by atoms with Crippen LogP contribution in [0.15, 0.2) is 89.4 Å². The van der Waals surface area contributed by atoms with Crippen molar-refractivity contribution in [2.45, 2.75) is 18.6 Å². The summed E-state index contributed by atoms with van der Waals surface area (Å²) in [7, 11) is 0. The number of amides is 2. The lowest BCUT2D eigenvalue weighted by Crippen LogP contribution is -2.35. The molecule has 0 aromatic heterocycles. The van der Waals surface area contributed by atoms with Crippen LogP contribution in [0.3, 0.4) is 0 Å². The number of hydrogen-bond acceptors (Lipinski definition) is 2. The van der Waals surface area contributed by atoms with Gasteiger partial charge in [0.05, 0.1) is 6.04 Å². The van der Waals surface area contributed by atoms with Gasteiger partial charge < -0.3 is 0 Å². The van der Waals surface area contributed by atoms with Crippen LogP contribution in [0.5, 0.6) is 0 Å². The van der Waals surface area contributed by atoms with Crippen LogP contribution in [0.4, 0.5) is 10.5 Å². The molecular weight excluding hydrogens is 414 g/mol. The van der Waals surface area contributed by atoms with Crippen LogP contribution < -0.4 is 4.90 Å². The molecule has 0 saturated carbocycles. The molecule has 2 fully saturated rings. The van der Waals surface area contributed by atoms with E-state index >= 15 is 0 Å². The summed E-state index contributed by atoms with van der Waals surface area (Å²) < 4.78 is 1.03. The molecule has 5 heteroatoms. The van der Waals surface area contributed by atoms with E-state index in [4.69, 9.17) is 0 Å². The summed E-state index contributed by atoms with van der Waals surface area (Å²) in [4.78, 5) is 15.5. The second-order valence-electron chi connectivity index (χ2n) is 7.14. The van der Waals surface area contributed by atoms with E-state index in [1.165, 1.54) is 5.56 Å². The Labute approximate surface area is 173 Å². The molecule has 140 valence electrons. The summed E-state index contributed by atoms with van der Waals surface area (Å²) in [6.07, 6.45) is 0.794. The third kappa shape index (κ3) is 2.82. The number of urea groups is 1. The summed E-state index contributed by atoms with van der Waals surface area (Å²) in [5.74, 6) is 0. The first kappa shape index (κ1) is 17.5. The molecular formula is C23H20BrN3O. The second-order valence-corrected chi connectivity index (χ2v) is 8.05. The molecule has 2 aliphatic rings. The van der Waals surface area contributed by atoms with Crippen LogP contribution in [-0.4, -0.2) is 22.6 Å². The number of fused-ring (bicyclic) bond motifs is 1. The Morgan fingerprint density at radius 2 is 1.43 bits per heavy atom. The minimum Gasteiger partial charge on any atom is -0.271 e. The van der Waals surface area contributed by atoms with Crippen LogP contribution in [-0.2, 0) is 0 Å². The molecule has 2 amide bonds. The lowest BCUT2D eigenvalue weighted by atomic mass is 10.0. The number of anilines is 1. The maximum atomic E-state index is 13.6. The van der Waals surface area contributed by atoms with Crippen LogP contribution in [0.1, 0.15) is 29.8 Å². The molecule has 0 N–H and O–H groups in total. The number of halogens is 1. The van der Waals surface area contributed by atoms with Gasteiger partial charge in [0.25, 0.3) is 0 Å². The summed E-state index contributed by atoms with van der Waals surface area (Å²) in [6.45, 7) is 0.843.